The molecule has 4 nitrogen and oxygen atoms in total. The topological polar surface area (TPSA) is 72.2 Å². The van der Waals surface area contributed by atoms with Crippen molar-refractivity contribution in [2.24, 2.45) is 5.73 Å². The first-order valence-electron chi connectivity index (χ1n) is 7.33. The van der Waals surface area contributed by atoms with Gasteiger partial charge in [-0.3, -0.25) is 9.59 Å². The van der Waals surface area contributed by atoms with E-state index in [2.05, 4.69) is 5.32 Å². The molecule has 0 aliphatic heterocycles. The van der Waals surface area contributed by atoms with Crippen LogP contribution in [0.2, 0.25) is 0 Å². The van der Waals surface area contributed by atoms with Crippen LogP contribution in [0.3, 0.4) is 0 Å². The van der Waals surface area contributed by atoms with Gasteiger partial charge in [-0.25, -0.2) is 4.39 Å². The van der Waals surface area contributed by atoms with Crippen molar-refractivity contribution in [2.75, 3.05) is 0 Å². The average Bonchev–Trinajstić information content (AvgIpc) is 2.48. The van der Waals surface area contributed by atoms with Gasteiger partial charge >= 0.3 is 0 Å². The van der Waals surface area contributed by atoms with E-state index in [0.717, 1.165) is 11.1 Å². The first-order chi connectivity index (χ1) is 11.0. The van der Waals surface area contributed by atoms with Crippen molar-refractivity contribution in [1.29, 1.82) is 0 Å². The maximum Gasteiger partial charge on any atom is 0.240 e. The molecule has 2 rings (SSSR count). The van der Waals surface area contributed by atoms with Crippen molar-refractivity contribution >= 4 is 11.8 Å². The average molecular weight is 314 g/mol. The Hall–Kier alpha value is -2.69. The minimum absolute atomic E-state index is 0.00465. The molecule has 0 spiro atoms. The normalized spacial score (nSPS) is 11.7. The second kappa shape index (κ2) is 7.54. The number of rotatable bonds is 6. The van der Waals surface area contributed by atoms with Crippen molar-refractivity contribution in [3.8, 4) is 0 Å². The predicted molar refractivity (Wildman–Crippen MR) is 86.1 cm³/mol. The van der Waals surface area contributed by atoms with E-state index < -0.39 is 17.8 Å². The highest BCUT2D eigenvalue weighted by atomic mass is 19.1. The zero-order valence-electron chi connectivity index (χ0n) is 12.9. The number of aryl methyl sites for hydroxylation is 1. The van der Waals surface area contributed by atoms with Gasteiger partial charge in [0.05, 0.1) is 6.42 Å². The lowest BCUT2D eigenvalue weighted by molar-refractivity contribution is -0.127. The zero-order chi connectivity index (χ0) is 16.8. The van der Waals surface area contributed by atoms with Crippen molar-refractivity contribution < 1.29 is 14.0 Å². The van der Waals surface area contributed by atoms with Gasteiger partial charge < -0.3 is 11.1 Å². The van der Waals surface area contributed by atoms with Gasteiger partial charge in [0.25, 0.3) is 0 Å². The van der Waals surface area contributed by atoms with E-state index in [0.29, 0.717) is 12.0 Å². The van der Waals surface area contributed by atoms with Crippen LogP contribution in [0.4, 0.5) is 4.39 Å². The van der Waals surface area contributed by atoms with E-state index in [4.69, 9.17) is 5.73 Å². The number of primary amides is 1. The number of hydrogen-bond donors (Lipinski definition) is 2. The Morgan fingerprint density at radius 2 is 1.91 bits per heavy atom. The van der Waals surface area contributed by atoms with Crippen LogP contribution < -0.4 is 11.1 Å². The Morgan fingerprint density at radius 1 is 1.17 bits per heavy atom. The van der Waals surface area contributed by atoms with Gasteiger partial charge in [0.2, 0.25) is 11.8 Å². The summed E-state index contributed by atoms with van der Waals surface area (Å²) in [6, 6.07) is 12.6. The summed E-state index contributed by atoms with van der Waals surface area (Å²) < 4.78 is 13.1. The molecule has 0 aliphatic carbocycles. The van der Waals surface area contributed by atoms with Crippen LogP contribution in [0.5, 0.6) is 0 Å². The van der Waals surface area contributed by atoms with Crippen LogP contribution in [0.25, 0.3) is 0 Å². The van der Waals surface area contributed by atoms with E-state index in [9.17, 15) is 14.0 Å². The molecule has 3 N–H and O–H groups in total. The molecule has 0 radical (unpaired) electrons. The molecule has 120 valence electrons. The molecular formula is C18H19FN2O2. The van der Waals surface area contributed by atoms with Gasteiger partial charge in [0.15, 0.2) is 0 Å². The van der Waals surface area contributed by atoms with Crippen LogP contribution in [0, 0.1) is 12.7 Å². The van der Waals surface area contributed by atoms with Crippen molar-refractivity contribution in [1.82, 2.24) is 5.32 Å². The highest BCUT2D eigenvalue weighted by Gasteiger charge is 2.19. The number of nitrogens with one attached hydrogen (secondary N) is 1. The lowest BCUT2D eigenvalue weighted by Gasteiger charge is -2.17. The SMILES string of the molecule is Cc1ccccc1C[C@H](NC(=O)Cc1cccc(F)c1)C(N)=O. The van der Waals surface area contributed by atoms with Gasteiger partial charge in [-0.15, -0.1) is 0 Å². The number of amides is 2. The molecule has 2 amide bonds. The van der Waals surface area contributed by atoms with E-state index in [-0.39, 0.29) is 12.3 Å². The first-order valence-corrected chi connectivity index (χ1v) is 7.33. The highest BCUT2D eigenvalue weighted by Crippen LogP contribution is 2.10. The Labute approximate surface area is 134 Å². The molecule has 23 heavy (non-hydrogen) atoms. The molecule has 0 unspecified atom stereocenters. The van der Waals surface area contributed by atoms with Crippen molar-refractivity contribution in [2.45, 2.75) is 25.8 Å². The fraction of sp³-hybridized carbons (Fsp3) is 0.222. The summed E-state index contributed by atoms with van der Waals surface area (Å²) in [5, 5.41) is 2.62. The number of halogens is 1. The quantitative estimate of drug-likeness (QED) is 0.854. The molecule has 0 bridgehead atoms. The number of carbonyl (C=O) groups excluding carboxylic acids is 2. The Morgan fingerprint density at radius 3 is 2.57 bits per heavy atom. The molecule has 1 atom stereocenters. The second-order valence-electron chi connectivity index (χ2n) is 5.46. The molecule has 0 saturated carbocycles. The van der Waals surface area contributed by atoms with Gasteiger partial charge in [-0.05, 0) is 35.7 Å². The lowest BCUT2D eigenvalue weighted by atomic mass is 10.0. The third kappa shape index (κ3) is 4.92. The van der Waals surface area contributed by atoms with Crippen molar-refractivity contribution in [3.05, 3.63) is 71.0 Å². The van der Waals surface area contributed by atoms with E-state index in [1.165, 1.54) is 18.2 Å². The third-order valence-electron chi connectivity index (χ3n) is 3.62. The number of nitrogens with two attached hydrogens (primary N) is 1. The summed E-state index contributed by atoms with van der Waals surface area (Å²) in [7, 11) is 0. The Balaban J connectivity index is 2.03. The predicted octanol–water partition coefficient (Wildman–Crippen LogP) is 1.89. The number of benzene rings is 2. The van der Waals surface area contributed by atoms with Gasteiger partial charge in [-0.1, -0.05) is 36.4 Å². The summed E-state index contributed by atoms with van der Waals surface area (Å²) in [6.45, 7) is 1.93. The highest BCUT2D eigenvalue weighted by molar-refractivity contribution is 5.87. The Bertz CT molecular complexity index is 716. The minimum atomic E-state index is -0.794. The number of carbonyl (C=O) groups is 2. The summed E-state index contributed by atoms with van der Waals surface area (Å²) in [5.41, 5.74) is 7.90. The van der Waals surface area contributed by atoms with Crippen molar-refractivity contribution in [3.63, 3.8) is 0 Å². The van der Waals surface area contributed by atoms with Crippen LogP contribution in [-0.4, -0.2) is 17.9 Å². The maximum atomic E-state index is 13.1. The molecular weight excluding hydrogens is 295 g/mol. The zero-order valence-corrected chi connectivity index (χ0v) is 12.9. The van der Waals surface area contributed by atoms with Crippen LogP contribution in [0.15, 0.2) is 48.5 Å². The van der Waals surface area contributed by atoms with Crippen LogP contribution in [0.1, 0.15) is 16.7 Å². The minimum Gasteiger partial charge on any atom is -0.368 e. The van der Waals surface area contributed by atoms with Gasteiger partial charge in [0.1, 0.15) is 11.9 Å². The summed E-state index contributed by atoms with van der Waals surface area (Å²) in [4.78, 5) is 23.7. The van der Waals surface area contributed by atoms with E-state index >= 15 is 0 Å². The molecule has 0 aliphatic rings. The fourth-order valence-corrected chi connectivity index (χ4v) is 2.36. The molecule has 0 heterocycles. The first kappa shape index (κ1) is 16.7. The van der Waals surface area contributed by atoms with Crippen LogP contribution in [-0.2, 0) is 22.4 Å². The van der Waals surface area contributed by atoms with E-state index in [1.807, 2.05) is 31.2 Å². The molecule has 2 aromatic carbocycles. The van der Waals surface area contributed by atoms with Crippen LogP contribution >= 0.6 is 0 Å². The number of hydrogen-bond acceptors (Lipinski definition) is 2. The lowest BCUT2D eigenvalue weighted by Crippen LogP contribution is -2.46. The molecule has 0 fully saturated rings. The van der Waals surface area contributed by atoms with E-state index in [1.54, 1.807) is 6.07 Å². The monoisotopic (exact) mass is 314 g/mol. The molecule has 0 aromatic heterocycles. The summed E-state index contributed by atoms with van der Waals surface area (Å²) in [5.74, 6) is -1.37. The fourth-order valence-electron chi connectivity index (χ4n) is 2.36. The third-order valence-corrected chi connectivity index (χ3v) is 3.62. The molecule has 0 saturated heterocycles. The largest absolute Gasteiger partial charge is 0.368 e. The smallest absolute Gasteiger partial charge is 0.240 e. The Kier molecular flexibility index (Phi) is 5.46. The second-order valence-corrected chi connectivity index (χ2v) is 5.46. The van der Waals surface area contributed by atoms with Gasteiger partial charge in [-0.2, -0.15) is 0 Å². The molecule has 2 aromatic rings. The standard InChI is InChI=1S/C18H19FN2O2/c1-12-5-2-3-7-14(12)11-16(18(20)23)21-17(22)10-13-6-4-8-15(19)9-13/h2-9,16H,10-11H2,1H3,(H2,20,23)(H,21,22)/t16-/m0/s1. The summed E-state index contributed by atoms with van der Waals surface area (Å²) in [6.07, 6.45) is 0.326. The maximum absolute atomic E-state index is 13.1. The summed E-state index contributed by atoms with van der Waals surface area (Å²) >= 11 is 0. The molecule has 5 heteroatoms. The van der Waals surface area contributed by atoms with Gasteiger partial charge in [0, 0.05) is 6.42 Å².